The van der Waals surface area contributed by atoms with Crippen LogP contribution in [0.15, 0.2) is 53.4 Å². The Bertz CT molecular complexity index is 922. The fourth-order valence-corrected chi connectivity index (χ4v) is 3.45. The van der Waals surface area contributed by atoms with Gasteiger partial charge in [-0.1, -0.05) is 24.3 Å². The molecule has 2 rings (SSSR count). The standard InChI is InChI=1S/C20H22F3NO4S/c1-14(2)29(26,27)18-9-7-17(8-10-18)19(25)24-11-15-3-5-16(6-4-15)12-28-13-20(21,22)23/h3-10,14H,11-13H2,1-2H3,(H,24,25). The van der Waals surface area contributed by atoms with Crippen molar-refractivity contribution in [1.29, 1.82) is 0 Å². The third-order valence-electron chi connectivity index (χ3n) is 4.08. The van der Waals surface area contributed by atoms with E-state index in [0.717, 1.165) is 5.56 Å². The summed E-state index contributed by atoms with van der Waals surface area (Å²) >= 11 is 0. The molecule has 1 amide bonds. The molecule has 0 unspecified atom stereocenters. The molecule has 2 aromatic rings. The molecular formula is C20H22F3NO4S. The highest BCUT2D eigenvalue weighted by atomic mass is 32.2. The minimum Gasteiger partial charge on any atom is -0.367 e. The van der Waals surface area contributed by atoms with Crippen molar-refractivity contribution in [2.24, 2.45) is 0 Å². The van der Waals surface area contributed by atoms with Crippen LogP contribution in [0.3, 0.4) is 0 Å². The molecule has 0 radical (unpaired) electrons. The Balaban J connectivity index is 1.89. The number of carbonyl (C=O) groups excluding carboxylic acids is 1. The highest BCUT2D eigenvalue weighted by Crippen LogP contribution is 2.17. The van der Waals surface area contributed by atoms with Crippen molar-refractivity contribution in [3.05, 3.63) is 65.2 Å². The Morgan fingerprint density at radius 3 is 2.07 bits per heavy atom. The topological polar surface area (TPSA) is 72.5 Å². The molecule has 2 aromatic carbocycles. The number of rotatable bonds is 8. The lowest BCUT2D eigenvalue weighted by Crippen LogP contribution is -2.23. The van der Waals surface area contributed by atoms with Gasteiger partial charge in [0.2, 0.25) is 0 Å². The number of sulfone groups is 1. The molecule has 0 aliphatic heterocycles. The molecule has 0 atom stereocenters. The lowest BCUT2D eigenvalue weighted by molar-refractivity contribution is -0.176. The second-order valence-electron chi connectivity index (χ2n) is 6.73. The number of halogens is 3. The van der Waals surface area contributed by atoms with E-state index < -0.39 is 27.9 Å². The fourth-order valence-electron chi connectivity index (χ4n) is 2.39. The predicted molar refractivity (Wildman–Crippen MR) is 102 cm³/mol. The summed E-state index contributed by atoms with van der Waals surface area (Å²) in [6.07, 6.45) is -4.36. The van der Waals surface area contributed by atoms with Gasteiger partial charge in [-0.25, -0.2) is 8.42 Å². The molecule has 1 N–H and O–H groups in total. The van der Waals surface area contributed by atoms with Crippen molar-refractivity contribution in [2.75, 3.05) is 6.61 Å². The maximum atomic E-state index is 12.2. The molecule has 0 bridgehead atoms. The van der Waals surface area contributed by atoms with E-state index in [1.807, 2.05) is 0 Å². The van der Waals surface area contributed by atoms with Gasteiger partial charge in [0.1, 0.15) is 6.61 Å². The average Bonchev–Trinajstić information content (AvgIpc) is 2.66. The van der Waals surface area contributed by atoms with E-state index in [0.29, 0.717) is 11.1 Å². The smallest absolute Gasteiger partial charge is 0.367 e. The maximum absolute atomic E-state index is 12.2. The lowest BCUT2D eigenvalue weighted by atomic mass is 10.1. The first kappa shape index (κ1) is 22.9. The molecule has 0 fully saturated rings. The van der Waals surface area contributed by atoms with Crippen molar-refractivity contribution < 1.29 is 31.1 Å². The number of amides is 1. The van der Waals surface area contributed by atoms with Crippen LogP contribution in [0.1, 0.15) is 35.3 Å². The molecule has 0 saturated heterocycles. The van der Waals surface area contributed by atoms with Crippen molar-refractivity contribution in [2.45, 2.75) is 43.3 Å². The van der Waals surface area contributed by atoms with E-state index in [1.54, 1.807) is 38.1 Å². The van der Waals surface area contributed by atoms with Crippen LogP contribution in [0, 0.1) is 0 Å². The summed E-state index contributed by atoms with van der Waals surface area (Å²) in [4.78, 5) is 12.4. The van der Waals surface area contributed by atoms with Crippen molar-refractivity contribution in [3.63, 3.8) is 0 Å². The van der Waals surface area contributed by atoms with Gasteiger partial charge in [-0.05, 0) is 49.2 Å². The highest BCUT2D eigenvalue weighted by molar-refractivity contribution is 7.92. The number of carbonyl (C=O) groups is 1. The summed E-state index contributed by atoms with van der Waals surface area (Å²) in [5, 5.41) is 2.16. The molecule has 29 heavy (non-hydrogen) atoms. The van der Waals surface area contributed by atoms with Crippen molar-refractivity contribution in [1.82, 2.24) is 5.32 Å². The van der Waals surface area contributed by atoms with Crippen LogP contribution in [0.25, 0.3) is 0 Å². The van der Waals surface area contributed by atoms with Gasteiger partial charge in [0, 0.05) is 12.1 Å². The zero-order chi connectivity index (χ0) is 21.7. The summed E-state index contributed by atoms with van der Waals surface area (Å²) < 4.78 is 65.0. The highest BCUT2D eigenvalue weighted by Gasteiger charge is 2.27. The summed E-state index contributed by atoms with van der Waals surface area (Å²) in [6, 6.07) is 12.3. The summed E-state index contributed by atoms with van der Waals surface area (Å²) in [7, 11) is -3.40. The lowest BCUT2D eigenvalue weighted by Gasteiger charge is -2.10. The van der Waals surface area contributed by atoms with Gasteiger partial charge >= 0.3 is 6.18 Å². The van der Waals surface area contributed by atoms with Gasteiger partial charge in [0.25, 0.3) is 5.91 Å². The van der Waals surface area contributed by atoms with Gasteiger partial charge in [-0.3, -0.25) is 4.79 Å². The zero-order valence-corrected chi connectivity index (χ0v) is 16.8. The quantitative estimate of drug-likeness (QED) is 0.691. The Hall–Kier alpha value is -2.39. The third-order valence-corrected chi connectivity index (χ3v) is 6.25. The molecular weight excluding hydrogens is 407 g/mol. The fraction of sp³-hybridized carbons (Fsp3) is 0.350. The van der Waals surface area contributed by atoms with E-state index in [4.69, 9.17) is 0 Å². The van der Waals surface area contributed by atoms with Gasteiger partial charge < -0.3 is 10.1 Å². The van der Waals surface area contributed by atoms with Crippen LogP contribution in [-0.2, 0) is 27.7 Å². The van der Waals surface area contributed by atoms with Crippen molar-refractivity contribution >= 4 is 15.7 Å². The Kier molecular flexibility index (Phi) is 7.43. The molecule has 0 aliphatic carbocycles. The van der Waals surface area contributed by atoms with E-state index >= 15 is 0 Å². The van der Waals surface area contributed by atoms with Crippen molar-refractivity contribution in [3.8, 4) is 0 Å². The summed E-state index contributed by atoms with van der Waals surface area (Å²) in [5.74, 6) is -0.365. The molecule has 0 spiro atoms. The first-order chi connectivity index (χ1) is 13.5. The molecule has 0 aliphatic rings. The van der Waals surface area contributed by atoms with Gasteiger partial charge in [0.15, 0.2) is 9.84 Å². The molecule has 0 heterocycles. The molecule has 158 valence electrons. The second kappa shape index (κ2) is 9.41. The first-order valence-corrected chi connectivity index (χ1v) is 10.4. The predicted octanol–water partition coefficient (Wildman–Crippen LogP) is 3.88. The largest absolute Gasteiger partial charge is 0.411 e. The number of hydrogen-bond acceptors (Lipinski definition) is 4. The van der Waals surface area contributed by atoms with Crippen LogP contribution in [-0.4, -0.2) is 32.4 Å². The normalized spacial score (nSPS) is 12.2. The Labute approximate surface area is 167 Å². The van der Waals surface area contributed by atoms with Crippen LogP contribution in [0.4, 0.5) is 13.2 Å². The van der Waals surface area contributed by atoms with Crippen LogP contribution >= 0.6 is 0 Å². The average molecular weight is 429 g/mol. The number of nitrogens with one attached hydrogen (secondary N) is 1. The van der Waals surface area contributed by atoms with E-state index in [1.165, 1.54) is 24.3 Å². The Morgan fingerprint density at radius 2 is 1.55 bits per heavy atom. The SMILES string of the molecule is CC(C)S(=O)(=O)c1ccc(C(=O)NCc2ccc(COCC(F)(F)F)cc2)cc1. The van der Waals surface area contributed by atoms with Crippen LogP contribution < -0.4 is 5.32 Å². The zero-order valence-electron chi connectivity index (χ0n) is 16.0. The van der Waals surface area contributed by atoms with E-state index in [2.05, 4.69) is 10.1 Å². The third kappa shape index (κ3) is 6.86. The number of benzene rings is 2. The number of alkyl halides is 3. The van der Waals surface area contributed by atoms with Crippen LogP contribution in [0.2, 0.25) is 0 Å². The van der Waals surface area contributed by atoms with Gasteiger partial charge in [-0.2, -0.15) is 13.2 Å². The number of ether oxygens (including phenoxy) is 1. The van der Waals surface area contributed by atoms with Crippen LogP contribution in [0.5, 0.6) is 0 Å². The molecule has 9 heteroatoms. The minimum absolute atomic E-state index is 0.155. The first-order valence-electron chi connectivity index (χ1n) is 8.83. The van der Waals surface area contributed by atoms with Gasteiger partial charge in [-0.15, -0.1) is 0 Å². The molecule has 5 nitrogen and oxygen atoms in total. The monoisotopic (exact) mass is 429 g/mol. The summed E-state index contributed by atoms with van der Waals surface area (Å²) in [6.45, 7) is 1.93. The number of hydrogen-bond donors (Lipinski definition) is 1. The maximum Gasteiger partial charge on any atom is 0.411 e. The second-order valence-corrected chi connectivity index (χ2v) is 9.23. The van der Waals surface area contributed by atoms with Gasteiger partial charge in [0.05, 0.1) is 16.8 Å². The molecule has 0 saturated carbocycles. The van der Waals surface area contributed by atoms with E-state index in [-0.39, 0.29) is 24.0 Å². The Morgan fingerprint density at radius 1 is 1.00 bits per heavy atom. The minimum atomic E-state index is -4.36. The molecule has 0 aromatic heterocycles. The van der Waals surface area contributed by atoms with E-state index in [9.17, 15) is 26.4 Å². The summed E-state index contributed by atoms with van der Waals surface area (Å²) in [5.41, 5.74) is 1.67.